The lowest BCUT2D eigenvalue weighted by atomic mass is 10.1. The van der Waals surface area contributed by atoms with Gasteiger partial charge in [0.15, 0.2) is 5.11 Å². The van der Waals surface area contributed by atoms with E-state index in [4.69, 9.17) is 12.2 Å². The summed E-state index contributed by atoms with van der Waals surface area (Å²) >= 11 is 5.43. The molecule has 1 aliphatic carbocycles. The highest BCUT2D eigenvalue weighted by Gasteiger charge is 2.21. The van der Waals surface area contributed by atoms with Gasteiger partial charge in [-0.3, -0.25) is 4.79 Å². The monoisotopic (exact) mass is 331 g/mol. The highest BCUT2D eigenvalue weighted by Crippen LogP contribution is 2.23. The van der Waals surface area contributed by atoms with Crippen molar-refractivity contribution in [2.45, 2.75) is 57.4 Å². The van der Waals surface area contributed by atoms with Crippen molar-refractivity contribution in [2.75, 3.05) is 16.8 Å². The summed E-state index contributed by atoms with van der Waals surface area (Å²) in [5.41, 5.74) is 1.94. The molecule has 1 aromatic carbocycles. The number of nitrogens with zero attached hydrogens (tertiary/aromatic N) is 1. The molecule has 1 saturated carbocycles. The smallest absolute Gasteiger partial charge is 0.227 e. The Hall–Kier alpha value is -1.62. The van der Waals surface area contributed by atoms with Crippen LogP contribution < -0.4 is 15.5 Å². The molecule has 0 aromatic heterocycles. The molecule has 1 amide bonds. The number of benzene rings is 1. The van der Waals surface area contributed by atoms with E-state index >= 15 is 0 Å². The Morgan fingerprint density at radius 1 is 1.04 bits per heavy atom. The van der Waals surface area contributed by atoms with Gasteiger partial charge in [0.25, 0.3) is 0 Å². The van der Waals surface area contributed by atoms with E-state index in [1.807, 2.05) is 29.2 Å². The van der Waals surface area contributed by atoms with E-state index in [9.17, 15) is 4.79 Å². The summed E-state index contributed by atoms with van der Waals surface area (Å²) in [5, 5.41) is 7.39. The molecule has 2 aliphatic rings. The quantitative estimate of drug-likeness (QED) is 0.653. The topological polar surface area (TPSA) is 44.4 Å². The van der Waals surface area contributed by atoms with Crippen molar-refractivity contribution in [3.05, 3.63) is 24.3 Å². The average molecular weight is 331 g/mol. The van der Waals surface area contributed by atoms with E-state index in [0.29, 0.717) is 17.6 Å². The van der Waals surface area contributed by atoms with Crippen LogP contribution in [0.3, 0.4) is 0 Å². The fourth-order valence-electron chi connectivity index (χ4n) is 3.42. The van der Waals surface area contributed by atoms with Crippen molar-refractivity contribution < 1.29 is 4.79 Å². The zero-order chi connectivity index (χ0) is 16.1. The van der Waals surface area contributed by atoms with Crippen LogP contribution >= 0.6 is 12.2 Å². The summed E-state index contributed by atoms with van der Waals surface area (Å²) in [6, 6.07) is 8.45. The minimum Gasteiger partial charge on any atom is -0.360 e. The van der Waals surface area contributed by atoms with E-state index in [-0.39, 0.29) is 5.91 Å². The number of thiocarbonyl (C=S) groups is 1. The van der Waals surface area contributed by atoms with Crippen molar-refractivity contribution in [1.82, 2.24) is 5.32 Å². The fraction of sp³-hybridized carbons (Fsp3) is 0.556. The number of nitrogens with one attached hydrogen (secondary N) is 2. The van der Waals surface area contributed by atoms with Crippen LogP contribution in [0.5, 0.6) is 0 Å². The van der Waals surface area contributed by atoms with Crippen LogP contribution in [0.25, 0.3) is 0 Å². The van der Waals surface area contributed by atoms with E-state index in [1.165, 1.54) is 38.5 Å². The fourth-order valence-corrected chi connectivity index (χ4v) is 3.71. The van der Waals surface area contributed by atoms with Crippen molar-refractivity contribution in [3.8, 4) is 0 Å². The maximum atomic E-state index is 11.8. The first kappa shape index (κ1) is 16.2. The van der Waals surface area contributed by atoms with Gasteiger partial charge >= 0.3 is 0 Å². The van der Waals surface area contributed by atoms with Crippen molar-refractivity contribution in [3.63, 3.8) is 0 Å². The summed E-state index contributed by atoms with van der Waals surface area (Å²) in [6.45, 7) is 0.827. The number of carbonyl (C=O) groups excluding carboxylic acids is 1. The van der Waals surface area contributed by atoms with E-state index < -0.39 is 0 Å². The third-order valence-corrected chi connectivity index (χ3v) is 4.92. The number of carbonyl (C=O) groups is 1. The second kappa shape index (κ2) is 7.77. The lowest BCUT2D eigenvalue weighted by Crippen LogP contribution is -2.37. The summed E-state index contributed by atoms with van der Waals surface area (Å²) in [7, 11) is 0. The first-order chi connectivity index (χ1) is 11.2. The zero-order valence-corrected chi connectivity index (χ0v) is 14.3. The highest BCUT2D eigenvalue weighted by molar-refractivity contribution is 7.80. The van der Waals surface area contributed by atoms with Crippen LogP contribution in [0.4, 0.5) is 11.4 Å². The van der Waals surface area contributed by atoms with E-state index in [2.05, 4.69) is 10.6 Å². The van der Waals surface area contributed by atoms with Gasteiger partial charge in [-0.15, -0.1) is 0 Å². The largest absolute Gasteiger partial charge is 0.360 e. The Morgan fingerprint density at radius 2 is 1.74 bits per heavy atom. The van der Waals surface area contributed by atoms with Gasteiger partial charge in [-0.05, 0) is 55.7 Å². The molecule has 1 aromatic rings. The summed E-state index contributed by atoms with van der Waals surface area (Å²) in [4.78, 5) is 13.6. The normalized spacial score (nSPS) is 19.5. The van der Waals surface area contributed by atoms with Crippen LogP contribution in [0.1, 0.15) is 51.4 Å². The molecule has 23 heavy (non-hydrogen) atoms. The van der Waals surface area contributed by atoms with Gasteiger partial charge in [-0.25, -0.2) is 0 Å². The summed E-state index contributed by atoms with van der Waals surface area (Å²) in [5.74, 6) is 0.219. The molecule has 5 heteroatoms. The van der Waals surface area contributed by atoms with Crippen molar-refractivity contribution >= 4 is 34.6 Å². The average Bonchev–Trinajstić information content (AvgIpc) is 2.81. The molecule has 0 bridgehead atoms. The Morgan fingerprint density at radius 3 is 2.35 bits per heavy atom. The van der Waals surface area contributed by atoms with Crippen molar-refractivity contribution in [1.29, 1.82) is 0 Å². The number of hydrogen-bond donors (Lipinski definition) is 2. The number of amides is 1. The Labute approximate surface area is 143 Å². The number of hydrogen-bond acceptors (Lipinski definition) is 2. The third-order valence-electron chi connectivity index (χ3n) is 4.70. The molecule has 1 heterocycles. The number of rotatable bonds is 3. The molecule has 1 aliphatic heterocycles. The lowest BCUT2D eigenvalue weighted by Gasteiger charge is -2.20. The van der Waals surface area contributed by atoms with Crippen molar-refractivity contribution in [2.24, 2.45) is 0 Å². The van der Waals surface area contributed by atoms with E-state index in [0.717, 1.165) is 24.3 Å². The van der Waals surface area contributed by atoms with Gasteiger partial charge in [0.1, 0.15) is 0 Å². The Bertz CT molecular complexity index is 550. The third kappa shape index (κ3) is 4.44. The maximum absolute atomic E-state index is 11.8. The van der Waals surface area contributed by atoms with Gasteiger partial charge in [0, 0.05) is 30.4 Å². The molecule has 1 saturated heterocycles. The van der Waals surface area contributed by atoms with Crippen LogP contribution in [0.15, 0.2) is 24.3 Å². The van der Waals surface area contributed by atoms with Gasteiger partial charge in [-0.2, -0.15) is 0 Å². The zero-order valence-electron chi connectivity index (χ0n) is 13.5. The molecule has 2 N–H and O–H groups in total. The second-order valence-electron chi connectivity index (χ2n) is 6.48. The lowest BCUT2D eigenvalue weighted by molar-refractivity contribution is -0.117. The number of anilines is 2. The van der Waals surface area contributed by atoms with E-state index in [1.54, 1.807) is 0 Å². The minimum absolute atomic E-state index is 0.219. The molecule has 0 spiro atoms. The molecule has 124 valence electrons. The molecule has 2 fully saturated rings. The summed E-state index contributed by atoms with van der Waals surface area (Å²) < 4.78 is 0. The van der Waals surface area contributed by atoms with Crippen LogP contribution in [-0.2, 0) is 4.79 Å². The van der Waals surface area contributed by atoms with Gasteiger partial charge < -0.3 is 15.5 Å². The van der Waals surface area contributed by atoms with Crippen LogP contribution in [-0.4, -0.2) is 23.6 Å². The van der Waals surface area contributed by atoms with Gasteiger partial charge in [-0.1, -0.05) is 25.7 Å². The Balaban J connectivity index is 1.53. The molecule has 0 unspecified atom stereocenters. The predicted molar refractivity (Wildman–Crippen MR) is 98.9 cm³/mol. The molecule has 0 atom stereocenters. The SMILES string of the molecule is O=C1CCCN1c1ccc(NC(=S)NC2CCCCCC2)cc1. The second-order valence-corrected chi connectivity index (χ2v) is 6.89. The molecule has 3 rings (SSSR count). The van der Waals surface area contributed by atoms with Gasteiger partial charge in [0.2, 0.25) is 5.91 Å². The highest BCUT2D eigenvalue weighted by atomic mass is 32.1. The maximum Gasteiger partial charge on any atom is 0.227 e. The van der Waals surface area contributed by atoms with Gasteiger partial charge in [0.05, 0.1) is 0 Å². The molecule has 4 nitrogen and oxygen atoms in total. The Kier molecular flexibility index (Phi) is 5.49. The van der Waals surface area contributed by atoms with Crippen LogP contribution in [0, 0.1) is 0 Å². The standard InChI is InChI=1S/C18H25N3OS/c22-17-8-5-13-21(17)16-11-9-15(10-12-16)20-18(23)19-14-6-3-1-2-4-7-14/h9-12,14H,1-8,13H2,(H2,19,20,23). The molecular formula is C18H25N3OS. The predicted octanol–water partition coefficient (Wildman–Crippen LogP) is 3.82. The first-order valence-corrected chi connectivity index (χ1v) is 9.11. The molecular weight excluding hydrogens is 306 g/mol. The first-order valence-electron chi connectivity index (χ1n) is 8.70. The summed E-state index contributed by atoms with van der Waals surface area (Å²) in [6.07, 6.45) is 9.29. The van der Waals surface area contributed by atoms with Crippen LogP contribution in [0.2, 0.25) is 0 Å². The minimum atomic E-state index is 0.219. The molecule has 0 radical (unpaired) electrons.